The normalized spacial score (nSPS) is 10.8. The van der Waals surface area contributed by atoms with E-state index in [1.54, 1.807) is 7.05 Å². The van der Waals surface area contributed by atoms with Crippen LogP contribution in [0.5, 0.6) is 0 Å². The van der Waals surface area contributed by atoms with Crippen molar-refractivity contribution in [2.24, 2.45) is 0 Å². The van der Waals surface area contributed by atoms with Crippen molar-refractivity contribution in [3.63, 3.8) is 0 Å². The van der Waals surface area contributed by atoms with Gasteiger partial charge in [0.1, 0.15) is 11.4 Å². The number of hydrogen-bond donors (Lipinski definition) is 2. The lowest BCUT2D eigenvalue weighted by atomic mass is 10.2. The number of rotatable bonds is 7. The Balaban J connectivity index is 0.00000400. The van der Waals surface area contributed by atoms with Crippen LogP contribution in [-0.4, -0.2) is 41.6 Å². The Bertz CT molecular complexity index is 581. The molecule has 0 aromatic heterocycles. The molecule has 0 bridgehead atoms. The summed E-state index contributed by atoms with van der Waals surface area (Å²) in [6, 6.07) is 3.39. The number of ether oxygens (including phenoxy) is 1. The first-order valence-corrected chi connectivity index (χ1v) is 7.43. The highest BCUT2D eigenvalue weighted by molar-refractivity contribution is 7.89. The molecule has 1 aromatic rings. The zero-order valence-electron chi connectivity index (χ0n) is 11.7. The van der Waals surface area contributed by atoms with Gasteiger partial charge in [0.2, 0.25) is 10.0 Å². The van der Waals surface area contributed by atoms with Crippen LogP contribution in [0.2, 0.25) is 0 Å². The van der Waals surface area contributed by atoms with Crippen LogP contribution in [0, 0.1) is 5.82 Å². The summed E-state index contributed by atoms with van der Waals surface area (Å²) in [6.45, 7) is 0.815. The summed E-state index contributed by atoms with van der Waals surface area (Å²) in [5.41, 5.74) is -0.587. The Hall–Kier alpha value is -1.22. The molecule has 9 heteroatoms. The molecule has 0 saturated heterocycles. The number of halogens is 2. The molecule has 0 unspecified atom stereocenters. The van der Waals surface area contributed by atoms with E-state index in [2.05, 4.69) is 14.8 Å². The lowest BCUT2D eigenvalue weighted by Crippen LogP contribution is -2.28. The van der Waals surface area contributed by atoms with Crippen LogP contribution in [0.25, 0.3) is 0 Å². The molecule has 0 radical (unpaired) electrons. The predicted octanol–water partition coefficient (Wildman–Crippen LogP) is 0.922. The fraction of sp³-hybridized carbons (Fsp3) is 0.417. The second-order valence-electron chi connectivity index (χ2n) is 3.96. The summed E-state index contributed by atoms with van der Waals surface area (Å²) in [5, 5.41) is 2.87. The largest absolute Gasteiger partial charge is 0.465 e. The Morgan fingerprint density at radius 3 is 2.57 bits per heavy atom. The summed E-state index contributed by atoms with van der Waals surface area (Å²) in [4.78, 5) is 11.1. The highest BCUT2D eigenvalue weighted by atomic mass is 35.5. The average molecular weight is 341 g/mol. The second kappa shape index (κ2) is 8.93. The number of carbonyl (C=O) groups excluding carboxylic acids is 1. The molecule has 6 nitrogen and oxygen atoms in total. The Kier molecular flexibility index (Phi) is 8.41. The minimum atomic E-state index is -3.97. The first-order chi connectivity index (χ1) is 9.44. The number of hydrogen-bond acceptors (Lipinski definition) is 5. The minimum Gasteiger partial charge on any atom is -0.465 e. The Labute approximate surface area is 129 Å². The molecule has 0 aliphatic carbocycles. The molecule has 0 heterocycles. The summed E-state index contributed by atoms with van der Waals surface area (Å²) in [5.74, 6) is -1.96. The van der Waals surface area contributed by atoms with Crippen LogP contribution in [0.15, 0.2) is 23.1 Å². The van der Waals surface area contributed by atoms with Crippen molar-refractivity contribution in [2.45, 2.75) is 11.3 Å². The highest BCUT2D eigenvalue weighted by Gasteiger charge is 2.25. The Morgan fingerprint density at radius 1 is 1.33 bits per heavy atom. The van der Waals surface area contributed by atoms with Crippen LogP contribution in [-0.2, 0) is 14.8 Å². The van der Waals surface area contributed by atoms with Gasteiger partial charge in [-0.3, -0.25) is 0 Å². The van der Waals surface area contributed by atoms with E-state index in [4.69, 9.17) is 0 Å². The van der Waals surface area contributed by atoms with Crippen molar-refractivity contribution in [1.82, 2.24) is 10.0 Å². The fourth-order valence-electron chi connectivity index (χ4n) is 1.58. The van der Waals surface area contributed by atoms with Gasteiger partial charge in [-0.15, -0.1) is 12.4 Å². The van der Waals surface area contributed by atoms with Crippen molar-refractivity contribution >= 4 is 28.4 Å². The zero-order valence-corrected chi connectivity index (χ0v) is 13.3. The SMILES string of the molecule is CNCCCNS(=O)(=O)c1cccc(F)c1C(=O)OC.Cl. The van der Waals surface area contributed by atoms with Crippen LogP contribution in [0.1, 0.15) is 16.8 Å². The van der Waals surface area contributed by atoms with Gasteiger partial charge in [0.25, 0.3) is 0 Å². The molecule has 0 aliphatic rings. The van der Waals surface area contributed by atoms with Crippen molar-refractivity contribution in [2.75, 3.05) is 27.2 Å². The number of benzene rings is 1. The molecule has 1 rings (SSSR count). The standard InChI is InChI=1S/C12H17FN2O4S.ClH/c1-14-7-4-8-15-20(17,18)10-6-3-5-9(13)11(10)12(16)19-2;/h3,5-6,14-15H,4,7-8H2,1-2H3;1H. The van der Waals surface area contributed by atoms with Crippen molar-refractivity contribution in [3.05, 3.63) is 29.6 Å². The van der Waals surface area contributed by atoms with Gasteiger partial charge in [0.15, 0.2) is 0 Å². The maximum atomic E-state index is 13.7. The van der Waals surface area contributed by atoms with Gasteiger partial charge in [0.05, 0.1) is 12.0 Å². The van der Waals surface area contributed by atoms with Gasteiger partial charge in [-0.1, -0.05) is 6.07 Å². The van der Waals surface area contributed by atoms with E-state index in [1.165, 1.54) is 6.07 Å². The monoisotopic (exact) mass is 340 g/mol. The summed E-state index contributed by atoms with van der Waals surface area (Å²) >= 11 is 0. The lowest BCUT2D eigenvalue weighted by Gasteiger charge is -2.11. The first kappa shape index (κ1) is 19.8. The quantitative estimate of drug-likeness (QED) is 0.569. The smallest absolute Gasteiger partial charge is 0.342 e. The van der Waals surface area contributed by atoms with E-state index >= 15 is 0 Å². The maximum absolute atomic E-state index is 13.7. The van der Waals surface area contributed by atoms with E-state index in [-0.39, 0.29) is 19.0 Å². The second-order valence-corrected chi connectivity index (χ2v) is 5.69. The van der Waals surface area contributed by atoms with Crippen LogP contribution in [0.3, 0.4) is 0 Å². The third-order valence-electron chi connectivity index (χ3n) is 2.55. The van der Waals surface area contributed by atoms with E-state index in [1.807, 2.05) is 0 Å². The van der Waals surface area contributed by atoms with Gasteiger partial charge >= 0.3 is 5.97 Å². The van der Waals surface area contributed by atoms with Crippen molar-refractivity contribution in [1.29, 1.82) is 0 Å². The zero-order chi connectivity index (χ0) is 15.2. The van der Waals surface area contributed by atoms with E-state index in [0.717, 1.165) is 19.2 Å². The fourth-order valence-corrected chi connectivity index (χ4v) is 2.85. The van der Waals surface area contributed by atoms with Gasteiger partial charge < -0.3 is 10.1 Å². The predicted molar refractivity (Wildman–Crippen MR) is 78.7 cm³/mol. The molecule has 0 spiro atoms. The van der Waals surface area contributed by atoms with Crippen molar-refractivity contribution in [3.8, 4) is 0 Å². The van der Waals surface area contributed by atoms with E-state index in [0.29, 0.717) is 13.0 Å². The van der Waals surface area contributed by atoms with Gasteiger partial charge in [-0.25, -0.2) is 22.3 Å². The van der Waals surface area contributed by atoms with Gasteiger partial charge in [0, 0.05) is 6.54 Å². The number of nitrogens with one attached hydrogen (secondary N) is 2. The molecule has 0 fully saturated rings. The van der Waals surface area contributed by atoms with Crippen LogP contribution < -0.4 is 10.0 Å². The lowest BCUT2D eigenvalue weighted by molar-refractivity contribution is 0.0590. The third-order valence-corrected chi connectivity index (χ3v) is 4.05. The van der Waals surface area contributed by atoms with Crippen LogP contribution >= 0.6 is 12.4 Å². The summed E-state index contributed by atoms with van der Waals surface area (Å²) in [6.07, 6.45) is 0.568. The summed E-state index contributed by atoms with van der Waals surface area (Å²) < 4.78 is 44.6. The average Bonchev–Trinajstić information content (AvgIpc) is 2.42. The number of sulfonamides is 1. The number of carbonyl (C=O) groups is 1. The molecular formula is C12H18ClFN2O4S. The molecule has 21 heavy (non-hydrogen) atoms. The molecule has 0 atom stereocenters. The van der Waals surface area contributed by atoms with Gasteiger partial charge in [-0.2, -0.15) is 0 Å². The maximum Gasteiger partial charge on any atom is 0.342 e. The number of esters is 1. The Morgan fingerprint density at radius 2 is 2.00 bits per heavy atom. The van der Waals surface area contributed by atoms with E-state index < -0.39 is 32.3 Å². The van der Waals surface area contributed by atoms with Gasteiger partial charge in [-0.05, 0) is 32.1 Å². The molecule has 1 aromatic carbocycles. The molecule has 120 valence electrons. The topological polar surface area (TPSA) is 84.5 Å². The van der Waals surface area contributed by atoms with Crippen molar-refractivity contribution < 1.29 is 22.3 Å². The minimum absolute atomic E-state index is 0. The molecular weight excluding hydrogens is 323 g/mol. The molecule has 2 N–H and O–H groups in total. The first-order valence-electron chi connectivity index (χ1n) is 5.95. The molecule has 0 saturated carbocycles. The number of methoxy groups -OCH3 is 1. The highest BCUT2D eigenvalue weighted by Crippen LogP contribution is 2.19. The van der Waals surface area contributed by atoms with Crippen LogP contribution in [0.4, 0.5) is 4.39 Å². The van der Waals surface area contributed by atoms with E-state index in [9.17, 15) is 17.6 Å². The molecule has 0 aliphatic heterocycles. The molecule has 0 amide bonds. The third kappa shape index (κ3) is 5.24. The summed E-state index contributed by atoms with van der Waals surface area (Å²) in [7, 11) is -1.16.